The molecule has 178 valence electrons. The van der Waals surface area contributed by atoms with Crippen LogP contribution in [-0.4, -0.2) is 55.1 Å². The second-order valence-electron chi connectivity index (χ2n) is 8.61. The summed E-state index contributed by atoms with van der Waals surface area (Å²) in [5, 5.41) is 4.69. The Hall–Kier alpha value is -3.74. The molecule has 0 saturated carbocycles. The number of methoxy groups -OCH3 is 1. The molecule has 0 bridgehead atoms. The molecule has 6 nitrogen and oxygen atoms in total. The van der Waals surface area contributed by atoms with Crippen LogP contribution in [0, 0.1) is 0 Å². The van der Waals surface area contributed by atoms with Gasteiger partial charge in [-0.15, -0.1) is 0 Å². The number of aromatic nitrogens is 1. The fraction of sp³-hybridized carbons (Fsp3) is 0.241. The summed E-state index contributed by atoms with van der Waals surface area (Å²) in [6.07, 6.45) is 1.78. The molecule has 5 rings (SSSR count). The first-order valence-corrected chi connectivity index (χ1v) is 11.9. The van der Waals surface area contributed by atoms with Crippen molar-refractivity contribution in [3.8, 4) is 5.75 Å². The van der Waals surface area contributed by atoms with Gasteiger partial charge in [-0.3, -0.25) is 14.7 Å². The maximum atomic E-state index is 14.1. The van der Waals surface area contributed by atoms with E-state index in [1.165, 1.54) is 0 Å². The number of pyridine rings is 1. The zero-order chi connectivity index (χ0) is 24.0. The maximum Gasteiger partial charge on any atom is 0.182 e. The molecule has 2 unspecified atom stereocenters. The van der Waals surface area contributed by atoms with E-state index in [1.807, 2.05) is 72.8 Å². The molecular formula is C29H29N3O3. The highest BCUT2D eigenvalue weighted by molar-refractivity contribution is 6.01. The van der Waals surface area contributed by atoms with Gasteiger partial charge in [0.05, 0.1) is 43.6 Å². The van der Waals surface area contributed by atoms with Gasteiger partial charge in [0.2, 0.25) is 0 Å². The minimum absolute atomic E-state index is 0.0778. The average Bonchev–Trinajstić information content (AvgIpc) is 2.94. The van der Waals surface area contributed by atoms with Crippen molar-refractivity contribution in [1.29, 1.82) is 0 Å². The fourth-order valence-corrected chi connectivity index (χ4v) is 4.72. The Kier molecular flexibility index (Phi) is 7.02. The third-order valence-corrected chi connectivity index (χ3v) is 6.47. The summed E-state index contributed by atoms with van der Waals surface area (Å²) in [6, 6.07) is 26.8. The number of benzene rings is 3. The number of carbonyl (C=O) groups is 1. The van der Waals surface area contributed by atoms with Crippen LogP contribution in [0.5, 0.6) is 5.75 Å². The minimum Gasteiger partial charge on any atom is -0.497 e. The second-order valence-corrected chi connectivity index (χ2v) is 8.61. The Morgan fingerprint density at radius 2 is 1.69 bits per heavy atom. The van der Waals surface area contributed by atoms with E-state index in [0.717, 1.165) is 27.9 Å². The first-order chi connectivity index (χ1) is 17.2. The number of rotatable bonds is 8. The Balaban J connectivity index is 1.63. The fourth-order valence-electron chi connectivity index (χ4n) is 4.72. The number of hydrogen-bond acceptors (Lipinski definition) is 6. The Bertz CT molecular complexity index is 1270. The molecule has 0 spiro atoms. The molecular weight excluding hydrogens is 438 g/mol. The molecule has 2 atom stereocenters. The molecule has 35 heavy (non-hydrogen) atoms. The number of ether oxygens (including phenoxy) is 2. The molecule has 1 aromatic heterocycles. The number of ketones is 1. The Morgan fingerprint density at radius 3 is 2.40 bits per heavy atom. The molecule has 0 amide bonds. The average molecular weight is 468 g/mol. The number of anilines is 1. The lowest BCUT2D eigenvalue weighted by molar-refractivity contribution is 0.0140. The van der Waals surface area contributed by atoms with Crippen molar-refractivity contribution in [1.82, 2.24) is 9.88 Å². The summed E-state index contributed by atoms with van der Waals surface area (Å²) in [4.78, 5) is 20.9. The summed E-state index contributed by atoms with van der Waals surface area (Å²) < 4.78 is 11.2. The van der Waals surface area contributed by atoms with Gasteiger partial charge in [-0.25, -0.2) is 0 Å². The molecule has 0 radical (unpaired) electrons. The van der Waals surface area contributed by atoms with E-state index < -0.39 is 6.04 Å². The monoisotopic (exact) mass is 467 g/mol. The maximum absolute atomic E-state index is 14.1. The summed E-state index contributed by atoms with van der Waals surface area (Å²) in [7, 11) is 1.66. The predicted octanol–water partition coefficient (Wildman–Crippen LogP) is 4.98. The van der Waals surface area contributed by atoms with Gasteiger partial charge in [0.1, 0.15) is 5.75 Å². The van der Waals surface area contributed by atoms with Gasteiger partial charge < -0.3 is 14.8 Å². The van der Waals surface area contributed by atoms with Crippen molar-refractivity contribution in [2.24, 2.45) is 0 Å². The zero-order valence-electron chi connectivity index (χ0n) is 19.8. The van der Waals surface area contributed by atoms with Gasteiger partial charge in [0.25, 0.3) is 0 Å². The first-order valence-electron chi connectivity index (χ1n) is 11.9. The number of fused-ring (bicyclic) bond motifs is 1. The van der Waals surface area contributed by atoms with Crippen molar-refractivity contribution >= 4 is 22.4 Å². The summed E-state index contributed by atoms with van der Waals surface area (Å²) in [6.45, 7) is 2.57. The highest BCUT2D eigenvalue weighted by atomic mass is 16.5. The van der Waals surface area contributed by atoms with E-state index in [4.69, 9.17) is 9.47 Å². The van der Waals surface area contributed by atoms with E-state index in [1.54, 1.807) is 13.3 Å². The second kappa shape index (κ2) is 10.7. The van der Waals surface area contributed by atoms with Crippen LogP contribution in [0.25, 0.3) is 10.9 Å². The number of carbonyl (C=O) groups excluding carboxylic acids is 1. The summed E-state index contributed by atoms with van der Waals surface area (Å²) in [5.74, 6) is 0.811. The lowest BCUT2D eigenvalue weighted by Gasteiger charge is -2.39. The molecule has 6 heteroatoms. The van der Waals surface area contributed by atoms with Crippen LogP contribution >= 0.6 is 0 Å². The van der Waals surface area contributed by atoms with Crippen LogP contribution in [0.15, 0.2) is 91.1 Å². The molecule has 4 aromatic rings. The standard InChI is InChI=1S/C29H29N3O3/c1-34-24-19-23-13-8-14-30-26(23)25(20-24)31-27(21-9-4-2-5-10-21)28(32-15-17-35-18-16-32)29(33)22-11-6-3-7-12-22/h2-14,19-20,27-28,31H,15-18H2,1H3. The van der Waals surface area contributed by atoms with E-state index >= 15 is 0 Å². The van der Waals surface area contributed by atoms with Crippen molar-refractivity contribution in [3.05, 3.63) is 102 Å². The molecule has 0 aliphatic carbocycles. The van der Waals surface area contributed by atoms with Crippen molar-refractivity contribution in [2.75, 3.05) is 38.7 Å². The molecule has 1 fully saturated rings. The highest BCUT2D eigenvalue weighted by Crippen LogP contribution is 2.34. The van der Waals surface area contributed by atoms with Crippen molar-refractivity contribution < 1.29 is 14.3 Å². The number of nitrogens with zero attached hydrogens (tertiary/aromatic N) is 2. The smallest absolute Gasteiger partial charge is 0.182 e. The largest absolute Gasteiger partial charge is 0.497 e. The lowest BCUT2D eigenvalue weighted by atomic mass is 9.90. The van der Waals surface area contributed by atoms with Crippen LogP contribution in [0.2, 0.25) is 0 Å². The van der Waals surface area contributed by atoms with Crippen LogP contribution < -0.4 is 10.1 Å². The quantitative estimate of drug-likeness (QED) is 0.369. The van der Waals surface area contributed by atoms with Crippen molar-refractivity contribution in [2.45, 2.75) is 12.1 Å². The Labute approximate surface area is 205 Å². The predicted molar refractivity (Wildman–Crippen MR) is 138 cm³/mol. The molecule has 1 aliphatic rings. The lowest BCUT2D eigenvalue weighted by Crippen LogP contribution is -2.52. The van der Waals surface area contributed by atoms with Gasteiger partial charge in [0, 0.05) is 36.3 Å². The minimum atomic E-state index is -0.436. The van der Waals surface area contributed by atoms with E-state index in [0.29, 0.717) is 31.9 Å². The van der Waals surface area contributed by atoms with Gasteiger partial charge in [0.15, 0.2) is 5.78 Å². The van der Waals surface area contributed by atoms with E-state index in [-0.39, 0.29) is 11.8 Å². The van der Waals surface area contributed by atoms with Gasteiger partial charge in [-0.05, 0) is 17.7 Å². The Morgan fingerprint density at radius 1 is 0.971 bits per heavy atom. The number of Topliss-reactive ketones (excluding diaryl/α,β-unsaturated/α-hetero) is 1. The third-order valence-electron chi connectivity index (χ3n) is 6.47. The molecule has 1 N–H and O–H groups in total. The number of hydrogen-bond donors (Lipinski definition) is 1. The summed E-state index contributed by atoms with van der Waals surface area (Å²) >= 11 is 0. The van der Waals surface area contributed by atoms with Gasteiger partial charge >= 0.3 is 0 Å². The van der Waals surface area contributed by atoms with Crippen LogP contribution in [0.1, 0.15) is 22.0 Å². The van der Waals surface area contributed by atoms with Crippen LogP contribution in [0.3, 0.4) is 0 Å². The van der Waals surface area contributed by atoms with Crippen LogP contribution in [-0.2, 0) is 4.74 Å². The molecule has 1 aliphatic heterocycles. The van der Waals surface area contributed by atoms with E-state index in [9.17, 15) is 4.79 Å². The van der Waals surface area contributed by atoms with Crippen LogP contribution in [0.4, 0.5) is 5.69 Å². The SMILES string of the molecule is COc1cc(NC(c2ccccc2)C(C(=O)c2ccccc2)N2CCOCC2)c2ncccc2c1. The summed E-state index contributed by atoms with van der Waals surface area (Å²) in [5.41, 5.74) is 3.38. The topological polar surface area (TPSA) is 63.7 Å². The highest BCUT2D eigenvalue weighted by Gasteiger charge is 2.36. The van der Waals surface area contributed by atoms with Gasteiger partial charge in [-0.1, -0.05) is 66.7 Å². The molecule has 1 saturated heterocycles. The zero-order valence-corrected chi connectivity index (χ0v) is 19.8. The van der Waals surface area contributed by atoms with E-state index in [2.05, 4.69) is 27.3 Å². The number of morpholine rings is 1. The number of nitrogens with one attached hydrogen (secondary N) is 1. The first kappa shape index (κ1) is 23.0. The van der Waals surface area contributed by atoms with Crippen molar-refractivity contribution in [3.63, 3.8) is 0 Å². The molecule has 2 heterocycles. The molecule has 3 aromatic carbocycles. The third kappa shape index (κ3) is 5.04. The normalized spacial score (nSPS) is 15.9. The van der Waals surface area contributed by atoms with Gasteiger partial charge in [-0.2, -0.15) is 0 Å².